The fourth-order valence-corrected chi connectivity index (χ4v) is 3.29. The Morgan fingerprint density at radius 1 is 0.389 bits per heavy atom. The molecule has 0 saturated heterocycles. The van der Waals surface area contributed by atoms with Crippen molar-refractivity contribution < 1.29 is 43.7 Å². The zero-order valence-electron chi connectivity index (χ0n) is 19.7. The summed E-state index contributed by atoms with van der Waals surface area (Å²) in [6.45, 7) is 0. The van der Waals surface area contributed by atoms with Gasteiger partial charge in [-0.15, -0.1) is 0 Å². The van der Waals surface area contributed by atoms with Gasteiger partial charge in [-0.05, 0) is 36.4 Å². The highest BCUT2D eigenvalue weighted by Crippen LogP contribution is 2.40. The van der Waals surface area contributed by atoms with E-state index in [0.717, 1.165) is 0 Å². The average Bonchev–Trinajstić information content (AvgIpc) is 2.87. The number of aromatic hydroxyl groups is 3. The topological polar surface area (TPSA) is 116 Å². The second kappa shape index (κ2) is 10.6. The maximum atomic E-state index is 9.87. The van der Waals surface area contributed by atoms with Crippen LogP contribution in [0.3, 0.4) is 0 Å². The summed E-state index contributed by atoms with van der Waals surface area (Å²) >= 11 is 0. The van der Waals surface area contributed by atoms with Gasteiger partial charge in [-0.25, -0.2) is 0 Å². The van der Waals surface area contributed by atoms with E-state index in [1.54, 1.807) is 54.6 Å². The van der Waals surface area contributed by atoms with Crippen LogP contribution in [0, 0.1) is 0 Å². The van der Waals surface area contributed by atoms with Gasteiger partial charge in [0.25, 0.3) is 0 Å². The normalized spacial score (nSPS) is 10.4. The average molecular weight is 492 g/mol. The molecule has 0 aliphatic heterocycles. The van der Waals surface area contributed by atoms with Crippen molar-refractivity contribution in [1.82, 2.24) is 0 Å². The molecular formula is C27H24O9. The van der Waals surface area contributed by atoms with Gasteiger partial charge >= 0.3 is 0 Å². The first-order valence-corrected chi connectivity index (χ1v) is 10.7. The monoisotopic (exact) mass is 492 g/mol. The van der Waals surface area contributed by atoms with Crippen molar-refractivity contribution in [2.24, 2.45) is 0 Å². The van der Waals surface area contributed by atoms with E-state index in [-0.39, 0.29) is 34.5 Å². The molecule has 0 unspecified atom stereocenters. The van der Waals surface area contributed by atoms with Gasteiger partial charge in [0.05, 0.1) is 21.3 Å². The van der Waals surface area contributed by atoms with Gasteiger partial charge < -0.3 is 43.7 Å². The number of benzene rings is 4. The Bertz CT molecular complexity index is 1190. The van der Waals surface area contributed by atoms with Crippen LogP contribution in [0.1, 0.15) is 0 Å². The summed E-state index contributed by atoms with van der Waals surface area (Å²) in [6.07, 6.45) is 0. The van der Waals surface area contributed by atoms with E-state index in [0.29, 0.717) is 34.5 Å². The SMILES string of the molecule is COc1cc(Oc2cc(Oc3ccc(O)c(OC)c3)cc(Oc3ccc(O)c(OC)c3)c2)ccc1O. The van der Waals surface area contributed by atoms with Crippen LogP contribution < -0.4 is 28.4 Å². The molecule has 0 aromatic heterocycles. The lowest BCUT2D eigenvalue weighted by Gasteiger charge is -2.14. The highest BCUT2D eigenvalue weighted by molar-refractivity contribution is 5.52. The zero-order valence-corrected chi connectivity index (χ0v) is 19.7. The molecule has 0 saturated carbocycles. The first-order valence-electron chi connectivity index (χ1n) is 10.7. The standard InChI is InChI=1S/C27H24O9/c1-31-25-13-16(4-7-22(25)28)34-19-10-20(35-17-5-8-23(29)26(14-17)32-2)12-21(11-19)36-18-6-9-24(30)27(15-18)33-3/h4-15,28-30H,1-3H3. The van der Waals surface area contributed by atoms with Crippen LogP contribution in [0.25, 0.3) is 0 Å². The van der Waals surface area contributed by atoms with Crippen molar-refractivity contribution >= 4 is 0 Å². The molecule has 9 nitrogen and oxygen atoms in total. The second-order valence-electron chi connectivity index (χ2n) is 7.45. The quantitative estimate of drug-likeness (QED) is 0.251. The fraction of sp³-hybridized carbons (Fsp3) is 0.111. The number of rotatable bonds is 9. The molecule has 4 aromatic rings. The minimum absolute atomic E-state index is 0.0199. The molecule has 4 rings (SSSR count). The second-order valence-corrected chi connectivity index (χ2v) is 7.45. The first-order chi connectivity index (χ1) is 17.4. The van der Waals surface area contributed by atoms with E-state index in [4.69, 9.17) is 28.4 Å². The van der Waals surface area contributed by atoms with Crippen LogP contribution in [0.4, 0.5) is 0 Å². The van der Waals surface area contributed by atoms with Gasteiger partial charge in [-0.3, -0.25) is 0 Å². The Labute approximate surface area is 207 Å². The summed E-state index contributed by atoms with van der Waals surface area (Å²) in [4.78, 5) is 0. The van der Waals surface area contributed by atoms with Crippen molar-refractivity contribution in [3.8, 4) is 69.0 Å². The van der Waals surface area contributed by atoms with Crippen molar-refractivity contribution in [3.63, 3.8) is 0 Å². The number of hydrogen-bond acceptors (Lipinski definition) is 9. The van der Waals surface area contributed by atoms with Crippen LogP contribution in [-0.2, 0) is 0 Å². The lowest BCUT2D eigenvalue weighted by Crippen LogP contribution is -1.92. The van der Waals surface area contributed by atoms with Crippen molar-refractivity contribution in [3.05, 3.63) is 72.8 Å². The molecule has 0 amide bonds. The smallest absolute Gasteiger partial charge is 0.164 e. The van der Waals surface area contributed by atoms with Gasteiger partial charge in [-0.2, -0.15) is 0 Å². The van der Waals surface area contributed by atoms with Crippen LogP contribution in [0.5, 0.6) is 69.0 Å². The minimum Gasteiger partial charge on any atom is -0.504 e. The molecule has 0 heterocycles. The summed E-state index contributed by atoms with van der Waals surface area (Å²) in [6, 6.07) is 18.7. The number of hydrogen-bond donors (Lipinski definition) is 3. The first kappa shape index (κ1) is 24.2. The van der Waals surface area contributed by atoms with E-state index >= 15 is 0 Å². The Hall–Kier alpha value is -4.92. The molecular weight excluding hydrogens is 468 g/mol. The van der Waals surface area contributed by atoms with Crippen molar-refractivity contribution in [2.45, 2.75) is 0 Å². The molecule has 4 aromatic carbocycles. The van der Waals surface area contributed by atoms with E-state index in [1.807, 2.05) is 0 Å². The molecule has 0 fully saturated rings. The summed E-state index contributed by atoms with van der Waals surface area (Å²) in [5, 5.41) is 29.6. The molecule has 186 valence electrons. The third-order valence-electron chi connectivity index (χ3n) is 5.01. The number of methoxy groups -OCH3 is 3. The maximum Gasteiger partial charge on any atom is 0.164 e. The number of phenols is 3. The lowest BCUT2D eigenvalue weighted by atomic mass is 10.2. The van der Waals surface area contributed by atoms with Crippen LogP contribution in [0.2, 0.25) is 0 Å². The Kier molecular flexibility index (Phi) is 7.10. The molecule has 0 radical (unpaired) electrons. The van der Waals surface area contributed by atoms with Crippen LogP contribution >= 0.6 is 0 Å². The largest absolute Gasteiger partial charge is 0.504 e. The van der Waals surface area contributed by atoms with E-state index in [2.05, 4.69) is 0 Å². The van der Waals surface area contributed by atoms with Crippen LogP contribution in [0.15, 0.2) is 72.8 Å². The summed E-state index contributed by atoms with van der Waals surface area (Å²) in [7, 11) is 4.32. The molecule has 3 N–H and O–H groups in total. The lowest BCUT2D eigenvalue weighted by molar-refractivity contribution is 0.367. The summed E-state index contributed by atoms with van der Waals surface area (Å²) in [5.41, 5.74) is 0. The van der Waals surface area contributed by atoms with E-state index < -0.39 is 0 Å². The van der Waals surface area contributed by atoms with Gasteiger partial charge in [0, 0.05) is 36.4 Å². The van der Waals surface area contributed by atoms with E-state index in [9.17, 15) is 15.3 Å². The molecule has 0 atom stereocenters. The third-order valence-corrected chi connectivity index (χ3v) is 5.01. The maximum absolute atomic E-state index is 9.87. The Balaban J connectivity index is 1.69. The molecule has 0 aliphatic rings. The Morgan fingerprint density at radius 3 is 0.917 bits per heavy atom. The number of ether oxygens (including phenoxy) is 6. The molecule has 0 aliphatic carbocycles. The number of phenolic OH excluding ortho intramolecular Hbond substituents is 3. The van der Waals surface area contributed by atoms with Crippen LogP contribution in [-0.4, -0.2) is 36.6 Å². The predicted molar refractivity (Wildman–Crippen MR) is 131 cm³/mol. The molecule has 0 spiro atoms. The van der Waals surface area contributed by atoms with E-state index in [1.165, 1.54) is 39.5 Å². The van der Waals surface area contributed by atoms with Crippen molar-refractivity contribution in [2.75, 3.05) is 21.3 Å². The predicted octanol–water partition coefficient (Wildman–Crippen LogP) is 6.21. The van der Waals surface area contributed by atoms with Gasteiger partial charge in [0.1, 0.15) is 34.5 Å². The zero-order chi connectivity index (χ0) is 25.7. The molecule has 9 heteroatoms. The summed E-state index contributed by atoms with van der Waals surface area (Å²) < 4.78 is 33.4. The molecule has 36 heavy (non-hydrogen) atoms. The minimum atomic E-state index is -0.0199. The third kappa shape index (κ3) is 5.58. The van der Waals surface area contributed by atoms with Crippen molar-refractivity contribution in [1.29, 1.82) is 0 Å². The van der Waals surface area contributed by atoms with Gasteiger partial charge in [-0.1, -0.05) is 0 Å². The Morgan fingerprint density at radius 2 is 0.667 bits per heavy atom. The van der Waals surface area contributed by atoms with Gasteiger partial charge in [0.2, 0.25) is 0 Å². The van der Waals surface area contributed by atoms with Gasteiger partial charge in [0.15, 0.2) is 34.5 Å². The highest BCUT2D eigenvalue weighted by atomic mass is 16.5. The fourth-order valence-electron chi connectivity index (χ4n) is 3.29. The highest BCUT2D eigenvalue weighted by Gasteiger charge is 2.12. The molecule has 0 bridgehead atoms. The summed E-state index contributed by atoms with van der Waals surface area (Å²) in [5.74, 6) is 3.03.